The zero-order chi connectivity index (χ0) is 54.9. The van der Waals surface area contributed by atoms with Gasteiger partial charge in [-0.05, 0) is 153 Å². The van der Waals surface area contributed by atoms with Gasteiger partial charge in [-0.15, -0.1) is 0 Å². The lowest BCUT2D eigenvalue weighted by molar-refractivity contribution is -0.136. The molecular formula is C50H97N13O9. The summed E-state index contributed by atoms with van der Waals surface area (Å²) in [6.07, 6.45) is 5.83. The van der Waals surface area contributed by atoms with Crippen LogP contribution in [0.25, 0.3) is 0 Å². The predicted molar refractivity (Wildman–Crippen MR) is 280 cm³/mol. The molecule has 22 nitrogen and oxygen atoms in total. The molecule has 9 amide bonds. The molecule has 0 spiro atoms. The summed E-state index contributed by atoms with van der Waals surface area (Å²) in [5.74, 6) is -5.80. The summed E-state index contributed by atoms with van der Waals surface area (Å²) in [6.45, 7) is 17.7. The van der Waals surface area contributed by atoms with E-state index in [4.69, 9.17) is 28.7 Å². The first-order valence-corrected chi connectivity index (χ1v) is 26.4. The largest absolute Gasteiger partial charge is 0.368 e. The highest BCUT2D eigenvalue weighted by Crippen LogP contribution is 2.14. The summed E-state index contributed by atoms with van der Waals surface area (Å²) in [7, 11) is 0. The molecule has 0 aliphatic heterocycles. The minimum atomic E-state index is -1.17. The average Bonchev–Trinajstić information content (AvgIpc) is 3.28. The predicted octanol–water partition coefficient (Wildman–Crippen LogP) is 0.0704. The van der Waals surface area contributed by atoms with Crippen LogP contribution in [0.2, 0.25) is 0 Å². The molecule has 0 aliphatic carbocycles. The van der Waals surface area contributed by atoms with E-state index in [-0.39, 0.29) is 62.2 Å². The Hall–Kier alpha value is -4.93. The van der Waals surface area contributed by atoms with Gasteiger partial charge in [-0.3, -0.25) is 43.2 Å². The second kappa shape index (κ2) is 37.8. The van der Waals surface area contributed by atoms with Crippen LogP contribution >= 0.6 is 0 Å². The molecule has 0 saturated carbocycles. The van der Waals surface area contributed by atoms with E-state index in [1.807, 2.05) is 55.4 Å². The third kappa shape index (κ3) is 29.6. The van der Waals surface area contributed by atoms with E-state index in [9.17, 15) is 43.2 Å². The quantitative estimate of drug-likeness (QED) is 0.0362. The maximum Gasteiger partial charge on any atom is 0.243 e. The van der Waals surface area contributed by atoms with Crippen LogP contribution in [0, 0.1) is 23.7 Å². The summed E-state index contributed by atoms with van der Waals surface area (Å²) in [5, 5.41) is 22.1. The maximum atomic E-state index is 14.3. The lowest BCUT2D eigenvalue weighted by Crippen LogP contribution is -2.60. The van der Waals surface area contributed by atoms with E-state index in [1.54, 1.807) is 0 Å². The summed E-state index contributed by atoms with van der Waals surface area (Å²) in [6, 6.07) is -8.65. The van der Waals surface area contributed by atoms with Crippen LogP contribution in [0.3, 0.4) is 0 Å². The number of rotatable bonds is 40. The minimum Gasteiger partial charge on any atom is -0.368 e. The maximum absolute atomic E-state index is 14.3. The van der Waals surface area contributed by atoms with Gasteiger partial charge in [0, 0.05) is 6.92 Å². The molecule has 0 bridgehead atoms. The van der Waals surface area contributed by atoms with Gasteiger partial charge in [0.25, 0.3) is 0 Å². The van der Waals surface area contributed by atoms with Crippen molar-refractivity contribution in [3.05, 3.63) is 0 Å². The number of hydrogen-bond donors (Lipinski definition) is 13. The van der Waals surface area contributed by atoms with Gasteiger partial charge in [-0.1, -0.05) is 55.4 Å². The molecular weight excluding hydrogens is 927 g/mol. The number of nitrogens with two attached hydrogens (primary N) is 5. The van der Waals surface area contributed by atoms with Crippen LogP contribution in [0.15, 0.2) is 0 Å². The van der Waals surface area contributed by atoms with Crippen LogP contribution in [-0.4, -0.2) is 128 Å². The molecule has 0 saturated heterocycles. The smallest absolute Gasteiger partial charge is 0.243 e. The molecule has 0 rings (SSSR count). The molecule has 0 unspecified atom stereocenters. The summed E-state index contributed by atoms with van der Waals surface area (Å²) < 4.78 is 0. The standard InChI is InChI=1S/C50H97N13O9/c1-30(2)26-39(43(55)65)60-45(67)36(19-11-15-23-52)57-49(71)41(28-32(5)6)62-47(69)38(21-13-17-25-54)59-50(72)42(29-33(7)8)63-46(68)37(20-12-16-24-53)58-48(70)40(27-31(3)4)61-44(66)35(56-34(9)64)18-10-14-22-51/h30-33,35-42H,10-29,51-54H2,1-9H3,(H2,55,65)(H,56,64)(H,57,71)(H,58,70)(H,59,72)(H,60,67)(H,61,66)(H,62,69)(H,63,68)/t35-,36-,37-,38-,39-,40-,41-,42-/m0/s1. The third-order valence-electron chi connectivity index (χ3n) is 11.8. The van der Waals surface area contributed by atoms with Crippen molar-refractivity contribution in [3.63, 3.8) is 0 Å². The first-order valence-electron chi connectivity index (χ1n) is 26.4. The molecule has 0 heterocycles. The highest BCUT2D eigenvalue weighted by molar-refractivity contribution is 5.98. The van der Waals surface area contributed by atoms with Crippen molar-refractivity contribution in [2.45, 2.75) is 213 Å². The van der Waals surface area contributed by atoms with Gasteiger partial charge in [0.1, 0.15) is 48.3 Å². The van der Waals surface area contributed by atoms with Gasteiger partial charge in [0.15, 0.2) is 0 Å². The highest BCUT2D eigenvalue weighted by atomic mass is 16.2. The fourth-order valence-electron chi connectivity index (χ4n) is 8.02. The minimum absolute atomic E-state index is 0.0366. The molecule has 0 aromatic heterocycles. The van der Waals surface area contributed by atoms with E-state index in [1.165, 1.54) is 6.92 Å². The Morgan fingerprint density at radius 3 is 0.708 bits per heavy atom. The van der Waals surface area contributed by atoms with E-state index >= 15 is 0 Å². The van der Waals surface area contributed by atoms with Gasteiger partial charge < -0.3 is 71.2 Å². The average molecular weight is 1020 g/mol. The van der Waals surface area contributed by atoms with E-state index in [2.05, 4.69) is 42.5 Å². The topological polar surface area (TPSA) is 380 Å². The van der Waals surface area contributed by atoms with Gasteiger partial charge in [0.05, 0.1) is 0 Å². The normalized spacial score (nSPS) is 14.8. The molecule has 0 radical (unpaired) electrons. The number of primary amides is 1. The van der Waals surface area contributed by atoms with Crippen molar-refractivity contribution in [2.24, 2.45) is 52.3 Å². The van der Waals surface area contributed by atoms with Gasteiger partial charge in [0.2, 0.25) is 53.2 Å². The highest BCUT2D eigenvalue weighted by Gasteiger charge is 2.35. The lowest BCUT2D eigenvalue weighted by Gasteiger charge is -2.29. The lowest BCUT2D eigenvalue weighted by atomic mass is 9.99. The molecule has 0 aromatic carbocycles. The monoisotopic (exact) mass is 1020 g/mol. The Balaban J connectivity index is 6.73. The number of amides is 9. The molecule has 72 heavy (non-hydrogen) atoms. The number of carbonyl (C=O) groups excluding carboxylic acids is 9. The number of carbonyl (C=O) groups is 9. The molecule has 8 atom stereocenters. The van der Waals surface area contributed by atoms with Gasteiger partial charge >= 0.3 is 0 Å². The Morgan fingerprint density at radius 2 is 0.500 bits per heavy atom. The molecule has 0 aromatic rings. The van der Waals surface area contributed by atoms with Crippen molar-refractivity contribution in [2.75, 3.05) is 26.2 Å². The van der Waals surface area contributed by atoms with E-state index in [0.29, 0.717) is 90.4 Å². The van der Waals surface area contributed by atoms with Crippen LogP contribution in [0.1, 0.15) is 165 Å². The Kier molecular flexibility index (Phi) is 35.2. The fraction of sp³-hybridized carbons (Fsp3) is 0.820. The Bertz CT molecular complexity index is 1670. The zero-order valence-electron chi connectivity index (χ0n) is 45.1. The van der Waals surface area contributed by atoms with E-state index in [0.717, 1.165) is 0 Å². The van der Waals surface area contributed by atoms with Gasteiger partial charge in [-0.2, -0.15) is 0 Å². The zero-order valence-corrected chi connectivity index (χ0v) is 45.1. The first kappa shape index (κ1) is 67.1. The van der Waals surface area contributed by atoms with E-state index < -0.39 is 101 Å². The first-order chi connectivity index (χ1) is 33.9. The number of unbranched alkanes of at least 4 members (excludes halogenated alkanes) is 4. The van der Waals surface area contributed by atoms with Crippen molar-refractivity contribution >= 4 is 53.2 Å². The van der Waals surface area contributed by atoms with Crippen LogP contribution < -0.4 is 71.2 Å². The molecule has 416 valence electrons. The number of nitrogens with one attached hydrogen (secondary N) is 8. The third-order valence-corrected chi connectivity index (χ3v) is 11.8. The summed E-state index contributed by atoms with van der Waals surface area (Å²) >= 11 is 0. The van der Waals surface area contributed by atoms with Crippen molar-refractivity contribution < 1.29 is 43.2 Å². The van der Waals surface area contributed by atoms with Gasteiger partial charge in [-0.25, -0.2) is 0 Å². The molecule has 22 heteroatoms. The molecule has 0 fully saturated rings. The Labute approximate surface area is 429 Å². The second-order valence-electron chi connectivity index (χ2n) is 20.7. The van der Waals surface area contributed by atoms with Crippen LogP contribution in [-0.2, 0) is 43.2 Å². The molecule has 18 N–H and O–H groups in total. The molecule has 0 aliphatic rings. The summed E-state index contributed by atoms with van der Waals surface area (Å²) in [4.78, 5) is 122. The second-order valence-corrected chi connectivity index (χ2v) is 20.7. The van der Waals surface area contributed by atoms with Crippen molar-refractivity contribution in [1.29, 1.82) is 0 Å². The fourth-order valence-corrected chi connectivity index (χ4v) is 8.02. The van der Waals surface area contributed by atoms with Crippen LogP contribution in [0.4, 0.5) is 0 Å². The van der Waals surface area contributed by atoms with Crippen molar-refractivity contribution in [1.82, 2.24) is 42.5 Å². The SMILES string of the molecule is CC(=O)N[C@@H](CCCCN)C(=O)N[C@@H](CC(C)C)C(=O)N[C@@H](CCCCN)C(=O)N[C@@H](CC(C)C)C(=O)N[C@@H](CCCCN)C(=O)N[C@@H](CC(C)C)C(=O)N[C@@H](CCCCN)C(=O)N[C@@H](CC(C)C)C(N)=O. The number of hydrogen-bond acceptors (Lipinski definition) is 13. The Morgan fingerprint density at radius 1 is 0.306 bits per heavy atom. The summed E-state index contributed by atoms with van der Waals surface area (Å²) in [5.41, 5.74) is 28.6. The van der Waals surface area contributed by atoms with Crippen LogP contribution in [0.5, 0.6) is 0 Å². The van der Waals surface area contributed by atoms with Crippen molar-refractivity contribution in [3.8, 4) is 0 Å².